The number of ether oxygens (including phenoxy) is 1. The van der Waals surface area contributed by atoms with Crippen molar-refractivity contribution in [3.05, 3.63) is 100 Å². The molecule has 0 aromatic heterocycles. The summed E-state index contributed by atoms with van der Waals surface area (Å²) in [6.07, 6.45) is 2.47. The number of hydrogen-bond donors (Lipinski definition) is 1. The highest BCUT2D eigenvalue weighted by molar-refractivity contribution is 6.30. The van der Waals surface area contributed by atoms with Crippen LogP contribution in [-0.4, -0.2) is 34.0 Å². The summed E-state index contributed by atoms with van der Waals surface area (Å²) in [4.78, 5) is 25.8. The van der Waals surface area contributed by atoms with E-state index in [0.29, 0.717) is 24.4 Å². The lowest BCUT2D eigenvalue weighted by atomic mass is 9.91. The third-order valence-corrected chi connectivity index (χ3v) is 6.58. The van der Waals surface area contributed by atoms with Crippen LogP contribution in [0.2, 0.25) is 5.02 Å². The van der Waals surface area contributed by atoms with Crippen LogP contribution in [0.15, 0.2) is 72.8 Å². The van der Waals surface area contributed by atoms with Gasteiger partial charge in [-0.25, -0.2) is 0 Å². The van der Waals surface area contributed by atoms with Gasteiger partial charge in [-0.2, -0.15) is 0 Å². The Morgan fingerprint density at radius 1 is 0.971 bits per heavy atom. The van der Waals surface area contributed by atoms with Crippen LogP contribution in [0.4, 0.5) is 0 Å². The monoisotopic (exact) mass is 491 g/mol. The standard InChI is InChI=1S/C29H30ClNO4/c1-29(18-22-5-3-2-4-6-22)19-24-17-21(9-13-26(24)35-29)10-14-27(32)31(16-15-28(33)34)20-23-7-11-25(30)12-8-23/h2-9,11-13,17H,10,14-16,18-20H2,1H3,(H,33,34)/t29-/m0/s1. The molecule has 182 valence electrons. The van der Waals surface area contributed by atoms with Crippen molar-refractivity contribution in [1.82, 2.24) is 4.90 Å². The number of nitrogens with zero attached hydrogens (tertiary/aromatic N) is 1. The molecule has 0 saturated heterocycles. The average Bonchev–Trinajstić information content (AvgIpc) is 3.16. The molecule has 3 aromatic carbocycles. The molecule has 5 nitrogen and oxygen atoms in total. The van der Waals surface area contributed by atoms with Crippen LogP contribution in [0.1, 0.15) is 42.0 Å². The van der Waals surface area contributed by atoms with E-state index in [1.54, 1.807) is 17.0 Å². The minimum absolute atomic E-state index is 0.0631. The Labute approximate surface area is 211 Å². The molecule has 1 amide bonds. The van der Waals surface area contributed by atoms with Crippen molar-refractivity contribution in [2.75, 3.05) is 6.54 Å². The molecule has 0 bridgehead atoms. The van der Waals surface area contributed by atoms with E-state index in [1.165, 1.54) is 5.56 Å². The van der Waals surface area contributed by atoms with Gasteiger partial charge in [0.2, 0.25) is 5.91 Å². The first-order valence-corrected chi connectivity index (χ1v) is 12.3. The Kier molecular flexibility index (Phi) is 7.76. The maximum absolute atomic E-state index is 13.0. The summed E-state index contributed by atoms with van der Waals surface area (Å²) in [7, 11) is 0. The number of hydrogen-bond acceptors (Lipinski definition) is 3. The number of carbonyl (C=O) groups excluding carboxylic acids is 1. The van der Waals surface area contributed by atoms with Gasteiger partial charge in [-0.15, -0.1) is 0 Å². The summed E-state index contributed by atoms with van der Waals surface area (Å²) < 4.78 is 6.31. The van der Waals surface area contributed by atoms with E-state index in [1.807, 2.05) is 42.5 Å². The van der Waals surface area contributed by atoms with Crippen molar-refractivity contribution in [3.8, 4) is 5.75 Å². The lowest BCUT2D eigenvalue weighted by Crippen LogP contribution is -2.32. The van der Waals surface area contributed by atoms with E-state index < -0.39 is 5.97 Å². The average molecular weight is 492 g/mol. The Morgan fingerprint density at radius 3 is 2.40 bits per heavy atom. The maximum Gasteiger partial charge on any atom is 0.305 e. The number of amides is 1. The molecule has 1 heterocycles. The zero-order valence-electron chi connectivity index (χ0n) is 19.9. The fourth-order valence-corrected chi connectivity index (χ4v) is 4.72. The molecule has 0 unspecified atom stereocenters. The predicted molar refractivity (Wildman–Crippen MR) is 137 cm³/mol. The van der Waals surface area contributed by atoms with Crippen LogP contribution in [0.5, 0.6) is 5.75 Å². The number of fused-ring (bicyclic) bond motifs is 1. The molecular formula is C29H30ClNO4. The molecule has 0 radical (unpaired) electrons. The molecule has 0 saturated carbocycles. The molecule has 35 heavy (non-hydrogen) atoms. The number of carboxylic acids is 1. The third-order valence-electron chi connectivity index (χ3n) is 6.33. The maximum atomic E-state index is 13.0. The van der Waals surface area contributed by atoms with Gasteiger partial charge in [0.1, 0.15) is 11.4 Å². The molecule has 1 N–H and O–H groups in total. The van der Waals surface area contributed by atoms with Gasteiger partial charge in [0.05, 0.1) is 6.42 Å². The second kappa shape index (κ2) is 11.0. The Bertz CT molecular complexity index is 1180. The first-order chi connectivity index (χ1) is 16.8. The second-order valence-electron chi connectivity index (χ2n) is 9.42. The van der Waals surface area contributed by atoms with Crippen LogP contribution < -0.4 is 4.74 Å². The summed E-state index contributed by atoms with van der Waals surface area (Å²) in [5, 5.41) is 9.74. The fourth-order valence-electron chi connectivity index (χ4n) is 4.60. The first kappa shape index (κ1) is 24.8. The van der Waals surface area contributed by atoms with Crippen LogP contribution in [0.25, 0.3) is 0 Å². The van der Waals surface area contributed by atoms with Gasteiger partial charge in [-0.3, -0.25) is 9.59 Å². The van der Waals surface area contributed by atoms with E-state index in [4.69, 9.17) is 21.4 Å². The molecule has 6 heteroatoms. The van der Waals surface area contributed by atoms with Gasteiger partial charge in [-0.1, -0.05) is 66.2 Å². The van der Waals surface area contributed by atoms with Crippen molar-refractivity contribution in [1.29, 1.82) is 0 Å². The van der Waals surface area contributed by atoms with Gasteiger partial charge >= 0.3 is 5.97 Å². The molecule has 1 aliphatic heterocycles. The molecular weight excluding hydrogens is 462 g/mol. The number of benzene rings is 3. The van der Waals surface area contributed by atoms with Crippen LogP contribution in [-0.2, 0) is 35.4 Å². The molecule has 1 atom stereocenters. The van der Waals surface area contributed by atoms with Crippen molar-refractivity contribution in [3.63, 3.8) is 0 Å². The van der Waals surface area contributed by atoms with E-state index in [0.717, 1.165) is 35.3 Å². The molecule has 0 spiro atoms. The number of carbonyl (C=O) groups is 2. The van der Waals surface area contributed by atoms with E-state index in [2.05, 4.69) is 25.1 Å². The lowest BCUT2D eigenvalue weighted by molar-refractivity contribution is -0.138. The first-order valence-electron chi connectivity index (χ1n) is 11.9. The van der Waals surface area contributed by atoms with Crippen molar-refractivity contribution in [2.24, 2.45) is 0 Å². The minimum Gasteiger partial charge on any atom is -0.487 e. The summed E-state index contributed by atoms with van der Waals surface area (Å²) >= 11 is 5.96. The quantitative estimate of drug-likeness (QED) is 0.394. The van der Waals surface area contributed by atoms with Crippen molar-refractivity contribution in [2.45, 2.75) is 51.2 Å². The summed E-state index contributed by atoms with van der Waals surface area (Å²) in [6.45, 7) is 2.67. The zero-order chi connectivity index (χ0) is 24.8. The second-order valence-corrected chi connectivity index (χ2v) is 9.86. The van der Waals surface area contributed by atoms with Crippen LogP contribution >= 0.6 is 11.6 Å². The fraction of sp³-hybridized carbons (Fsp3) is 0.310. The normalized spacial score (nSPS) is 16.4. The van der Waals surface area contributed by atoms with Gasteiger partial charge in [0.25, 0.3) is 0 Å². The highest BCUT2D eigenvalue weighted by Crippen LogP contribution is 2.37. The van der Waals surface area contributed by atoms with Crippen molar-refractivity contribution >= 4 is 23.5 Å². The molecule has 0 aliphatic carbocycles. The summed E-state index contributed by atoms with van der Waals surface area (Å²) in [6, 6.07) is 23.8. The van der Waals surface area contributed by atoms with Crippen LogP contribution in [0.3, 0.4) is 0 Å². The van der Waals surface area contributed by atoms with E-state index >= 15 is 0 Å². The topological polar surface area (TPSA) is 66.8 Å². The third kappa shape index (κ3) is 6.86. The smallest absolute Gasteiger partial charge is 0.305 e. The Morgan fingerprint density at radius 2 is 1.69 bits per heavy atom. The molecule has 3 aromatic rings. The predicted octanol–water partition coefficient (Wildman–Crippen LogP) is 5.71. The highest BCUT2D eigenvalue weighted by Gasteiger charge is 2.35. The van der Waals surface area contributed by atoms with Crippen LogP contribution in [0, 0.1) is 0 Å². The number of carboxylic acid groups (broad SMARTS) is 1. The Hall–Kier alpha value is -3.31. The molecule has 4 rings (SSSR count). The van der Waals surface area contributed by atoms with Gasteiger partial charge in [-0.05, 0) is 53.8 Å². The number of aliphatic carboxylic acids is 1. The number of halogens is 1. The van der Waals surface area contributed by atoms with E-state index in [9.17, 15) is 9.59 Å². The van der Waals surface area contributed by atoms with E-state index in [-0.39, 0.29) is 24.5 Å². The van der Waals surface area contributed by atoms with Gasteiger partial charge < -0.3 is 14.7 Å². The minimum atomic E-state index is -0.920. The Balaban J connectivity index is 1.38. The van der Waals surface area contributed by atoms with Gasteiger partial charge in [0, 0.05) is 37.4 Å². The largest absolute Gasteiger partial charge is 0.487 e. The molecule has 0 fully saturated rings. The number of aryl methyl sites for hydroxylation is 1. The SMILES string of the molecule is C[C@]1(Cc2ccccc2)Cc2cc(CCC(=O)N(CCC(=O)O)Cc3ccc(Cl)cc3)ccc2O1. The summed E-state index contributed by atoms with van der Waals surface area (Å²) in [5.74, 6) is -0.0766. The summed E-state index contributed by atoms with van der Waals surface area (Å²) in [5.41, 5.74) is 4.12. The highest BCUT2D eigenvalue weighted by atomic mass is 35.5. The lowest BCUT2D eigenvalue weighted by Gasteiger charge is -2.24. The number of rotatable bonds is 10. The molecule has 1 aliphatic rings. The zero-order valence-corrected chi connectivity index (χ0v) is 20.6. The van der Waals surface area contributed by atoms with Crippen molar-refractivity contribution < 1.29 is 19.4 Å². The van der Waals surface area contributed by atoms with Gasteiger partial charge in [0.15, 0.2) is 0 Å².